The predicted molar refractivity (Wildman–Crippen MR) is 177 cm³/mol. The summed E-state index contributed by atoms with van der Waals surface area (Å²) < 4.78 is 0. The first-order valence-corrected chi connectivity index (χ1v) is 16.2. The molecule has 49 heavy (non-hydrogen) atoms. The van der Waals surface area contributed by atoms with Crippen LogP contribution >= 0.6 is 0 Å². The van der Waals surface area contributed by atoms with Crippen molar-refractivity contribution in [2.24, 2.45) is 27.9 Å². The van der Waals surface area contributed by atoms with Crippen LogP contribution in [0.3, 0.4) is 0 Å². The molecule has 0 radical (unpaired) electrons. The first-order valence-electron chi connectivity index (χ1n) is 16.2. The minimum Gasteiger partial charge on any atom is -0.480 e. The average molecular weight is 700 g/mol. The van der Waals surface area contributed by atoms with E-state index in [1.54, 1.807) is 0 Å². The molecule has 1 rings (SSSR count). The minimum atomic E-state index is -1.50. The van der Waals surface area contributed by atoms with Crippen LogP contribution in [0.4, 0.5) is 0 Å². The van der Waals surface area contributed by atoms with E-state index in [2.05, 4.69) is 31.6 Å². The molecule has 7 atom stereocenters. The highest BCUT2D eigenvalue weighted by molar-refractivity contribution is 5.97. The Morgan fingerprint density at radius 1 is 0.796 bits per heavy atom. The fraction of sp³-hybridized carbons (Fsp3) is 0.724. The maximum atomic E-state index is 13.9. The van der Waals surface area contributed by atoms with Gasteiger partial charge in [-0.3, -0.25) is 38.6 Å². The van der Waals surface area contributed by atoms with Gasteiger partial charge in [-0.2, -0.15) is 0 Å². The number of aliphatic carboxylic acids is 1. The van der Waals surface area contributed by atoms with Crippen molar-refractivity contribution in [2.45, 2.75) is 108 Å². The van der Waals surface area contributed by atoms with Gasteiger partial charge in [0.05, 0.1) is 12.6 Å². The Labute approximate surface area is 284 Å². The SMILES string of the molecule is C[C@H](N)C(=O)N[C@@H](CCCCN)C(=O)N[C@@H](CCCN=C(N)N)C(=O)N1CCC[C@H]1C(=O)N[C@@H](CO)C(=O)N[C@@H](C)C(=O)N[C@@H](C)C(=O)O. The van der Waals surface area contributed by atoms with E-state index >= 15 is 0 Å². The van der Waals surface area contributed by atoms with Gasteiger partial charge in [0.2, 0.25) is 35.4 Å². The highest BCUT2D eigenvalue weighted by Crippen LogP contribution is 2.20. The number of rotatable bonds is 21. The summed E-state index contributed by atoms with van der Waals surface area (Å²) in [6, 6.07) is -8.06. The van der Waals surface area contributed by atoms with Crippen LogP contribution < -0.4 is 49.5 Å². The van der Waals surface area contributed by atoms with Gasteiger partial charge in [0, 0.05) is 13.1 Å². The number of aliphatic hydroxyl groups is 1. The molecule has 1 aliphatic rings. The number of nitrogens with zero attached hydrogens (tertiary/aromatic N) is 2. The second kappa shape index (κ2) is 21.4. The summed E-state index contributed by atoms with van der Waals surface area (Å²) in [6.07, 6.45) is 2.30. The third-order valence-electron chi connectivity index (χ3n) is 7.69. The molecule has 0 aliphatic carbocycles. The molecule has 6 amide bonds. The summed E-state index contributed by atoms with van der Waals surface area (Å²) in [5.74, 6) is -5.72. The highest BCUT2D eigenvalue weighted by atomic mass is 16.4. The molecular formula is C29H53N11O9. The number of aliphatic hydroxyl groups excluding tert-OH is 1. The fourth-order valence-corrected chi connectivity index (χ4v) is 4.84. The van der Waals surface area contributed by atoms with Gasteiger partial charge in [0.25, 0.3) is 0 Å². The molecule has 1 saturated heterocycles. The topological polar surface area (TPSA) is 340 Å². The number of carboxylic acids is 1. The van der Waals surface area contributed by atoms with Gasteiger partial charge in [-0.1, -0.05) is 0 Å². The molecule has 20 heteroatoms. The first-order chi connectivity index (χ1) is 23.0. The smallest absolute Gasteiger partial charge is 0.325 e. The van der Waals surface area contributed by atoms with Gasteiger partial charge in [-0.05, 0) is 72.3 Å². The summed E-state index contributed by atoms with van der Waals surface area (Å²) in [7, 11) is 0. The zero-order valence-corrected chi connectivity index (χ0v) is 28.3. The van der Waals surface area contributed by atoms with E-state index in [4.69, 9.17) is 28.0 Å². The number of amides is 6. The first kappa shape index (κ1) is 42.5. The van der Waals surface area contributed by atoms with E-state index < -0.39 is 90.3 Å². The zero-order valence-electron chi connectivity index (χ0n) is 28.3. The van der Waals surface area contributed by atoms with Crippen LogP contribution in [0.15, 0.2) is 4.99 Å². The fourth-order valence-electron chi connectivity index (χ4n) is 4.84. The van der Waals surface area contributed by atoms with Gasteiger partial charge >= 0.3 is 5.97 Å². The van der Waals surface area contributed by atoms with Gasteiger partial charge in [-0.15, -0.1) is 0 Å². The van der Waals surface area contributed by atoms with Crippen molar-refractivity contribution in [3.05, 3.63) is 0 Å². The Kier molecular flexibility index (Phi) is 18.6. The molecule has 0 aromatic carbocycles. The van der Waals surface area contributed by atoms with Crippen molar-refractivity contribution < 1.29 is 43.8 Å². The van der Waals surface area contributed by atoms with Crippen molar-refractivity contribution in [1.82, 2.24) is 31.5 Å². The number of guanidine groups is 1. The molecule has 1 fully saturated rings. The number of carbonyl (C=O) groups is 7. The lowest BCUT2D eigenvalue weighted by Crippen LogP contribution is -2.59. The van der Waals surface area contributed by atoms with Crippen LogP contribution in [0.1, 0.15) is 65.7 Å². The Balaban J connectivity index is 3.12. The number of aliphatic imine (C=N–C) groups is 1. The molecule has 1 heterocycles. The molecular weight excluding hydrogens is 646 g/mol. The monoisotopic (exact) mass is 699 g/mol. The maximum absolute atomic E-state index is 13.9. The van der Waals surface area contributed by atoms with Crippen molar-refractivity contribution in [3.8, 4) is 0 Å². The van der Waals surface area contributed by atoms with E-state index in [1.165, 1.54) is 25.7 Å². The van der Waals surface area contributed by atoms with Crippen molar-refractivity contribution in [1.29, 1.82) is 0 Å². The molecule has 0 spiro atoms. The summed E-state index contributed by atoms with van der Waals surface area (Å²) in [4.78, 5) is 94.2. The Bertz CT molecular complexity index is 1200. The van der Waals surface area contributed by atoms with E-state index in [1.807, 2.05) is 0 Å². The molecule has 278 valence electrons. The highest BCUT2D eigenvalue weighted by Gasteiger charge is 2.39. The second-order valence-corrected chi connectivity index (χ2v) is 11.9. The van der Waals surface area contributed by atoms with E-state index in [-0.39, 0.29) is 44.7 Å². The summed E-state index contributed by atoms with van der Waals surface area (Å²) in [5.41, 5.74) is 22.1. The second-order valence-electron chi connectivity index (χ2n) is 11.9. The van der Waals surface area contributed by atoms with Crippen LogP contribution in [0.2, 0.25) is 0 Å². The van der Waals surface area contributed by atoms with Crippen LogP contribution in [-0.4, -0.2) is 131 Å². The van der Waals surface area contributed by atoms with Gasteiger partial charge in [-0.25, -0.2) is 0 Å². The number of hydrogen-bond acceptors (Lipinski definition) is 11. The molecule has 0 saturated carbocycles. The van der Waals surface area contributed by atoms with Crippen molar-refractivity contribution in [2.75, 3.05) is 26.2 Å². The predicted octanol–water partition coefficient (Wildman–Crippen LogP) is -4.95. The quantitative estimate of drug-likeness (QED) is 0.0304. The van der Waals surface area contributed by atoms with Crippen LogP contribution in [0.5, 0.6) is 0 Å². The number of nitrogens with one attached hydrogen (secondary N) is 5. The number of likely N-dealkylation sites (tertiary alicyclic amines) is 1. The van der Waals surface area contributed by atoms with Crippen molar-refractivity contribution >= 4 is 47.4 Å². The molecule has 1 aliphatic heterocycles. The average Bonchev–Trinajstić information content (AvgIpc) is 3.53. The number of carbonyl (C=O) groups excluding carboxylic acids is 6. The number of unbranched alkanes of at least 4 members (excludes halogenated alkanes) is 1. The number of nitrogens with two attached hydrogens (primary N) is 4. The standard InChI is InChI=1S/C29H53N11O9/c1-15(31)22(42)37-18(8-4-5-11-30)24(44)38-19(9-6-12-34-29(32)33)27(47)40-13-7-10-21(40)26(46)39-20(14-41)25(45)35-16(2)23(43)36-17(3)28(48)49/h15-21,41H,4-14,30-31H2,1-3H3,(H,35,45)(H,36,43)(H,37,42)(H,38,44)(H,39,46)(H,48,49)(H4,32,33,34)/t15-,16-,17-,18-,19-,20-,21-/m0/s1. The summed E-state index contributed by atoms with van der Waals surface area (Å²) in [5, 5.41) is 31.0. The normalized spacial score (nSPS) is 17.7. The van der Waals surface area contributed by atoms with Crippen LogP contribution in [-0.2, 0) is 33.6 Å². The largest absolute Gasteiger partial charge is 0.480 e. The van der Waals surface area contributed by atoms with Gasteiger partial charge < -0.3 is 64.6 Å². The number of hydrogen-bond donors (Lipinski definition) is 11. The zero-order chi connectivity index (χ0) is 37.3. The lowest BCUT2D eigenvalue weighted by molar-refractivity contribution is -0.143. The lowest BCUT2D eigenvalue weighted by Gasteiger charge is -2.30. The van der Waals surface area contributed by atoms with Gasteiger partial charge in [0.1, 0.15) is 36.3 Å². The number of carboxylic acid groups (broad SMARTS) is 1. The van der Waals surface area contributed by atoms with E-state index in [9.17, 15) is 38.7 Å². The third kappa shape index (κ3) is 14.6. The molecule has 15 N–H and O–H groups in total. The molecule has 0 aromatic heterocycles. The Morgan fingerprint density at radius 3 is 1.96 bits per heavy atom. The van der Waals surface area contributed by atoms with E-state index in [0.717, 1.165) is 0 Å². The molecule has 0 bridgehead atoms. The van der Waals surface area contributed by atoms with Crippen LogP contribution in [0.25, 0.3) is 0 Å². The van der Waals surface area contributed by atoms with Crippen LogP contribution in [0, 0.1) is 0 Å². The van der Waals surface area contributed by atoms with E-state index in [0.29, 0.717) is 25.8 Å². The Morgan fingerprint density at radius 2 is 1.39 bits per heavy atom. The molecule has 20 nitrogen and oxygen atoms in total. The maximum Gasteiger partial charge on any atom is 0.325 e. The summed E-state index contributed by atoms with van der Waals surface area (Å²) >= 11 is 0. The lowest BCUT2D eigenvalue weighted by atomic mass is 10.0. The van der Waals surface area contributed by atoms with Gasteiger partial charge in [0.15, 0.2) is 5.96 Å². The molecule has 0 unspecified atom stereocenters. The summed E-state index contributed by atoms with van der Waals surface area (Å²) in [6.45, 7) is 3.81. The third-order valence-corrected chi connectivity index (χ3v) is 7.69. The molecule has 0 aromatic rings. The minimum absolute atomic E-state index is 0.0745. The Hall–Kier alpha value is -4.56. The van der Waals surface area contributed by atoms with Crippen molar-refractivity contribution in [3.63, 3.8) is 0 Å².